The van der Waals surface area contributed by atoms with Crippen LogP contribution in [-0.4, -0.2) is 24.1 Å². The first-order valence-corrected chi connectivity index (χ1v) is 7.60. The van der Waals surface area contributed by atoms with Crippen molar-refractivity contribution in [2.75, 3.05) is 13.1 Å². The average molecular weight is 278 g/mol. The molecule has 0 bridgehead atoms. The Hall–Kier alpha value is -1.51. The number of ether oxygens (including phenoxy) is 1. The predicted molar refractivity (Wildman–Crippen MR) is 82.7 cm³/mol. The summed E-state index contributed by atoms with van der Waals surface area (Å²) in [7, 11) is 0. The van der Waals surface area contributed by atoms with Crippen molar-refractivity contribution in [1.29, 1.82) is 0 Å². The average Bonchev–Trinajstić information content (AvgIpc) is 2.49. The number of carbonyl (C=O) groups excluding carboxylic acids is 1. The van der Waals surface area contributed by atoms with E-state index in [1.807, 2.05) is 44.2 Å². The summed E-state index contributed by atoms with van der Waals surface area (Å²) in [6.07, 6.45) is 1.81. The molecule has 0 saturated heterocycles. The van der Waals surface area contributed by atoms with Gasteiger partial charge < -0.3 is 9.64 Å². The van der Waals surface area contributed by atoms with Crippen LogP contribution in [0.5, 0.6) is 0 Å². The van der Waals surface area contributed by atoms with Crippen molar-refractivity contribution in [2.24, 2.45) is 0 Å². The minimum Gasteiger partial charge on any atom is -0.441 e. The summed E-state index contributed by atoms with van der Waals surface area (Å²) >= 11 is 0. The van der Waals surface area contributed by atoms with Crippen molar-refractivity contribution in [2.45, 2.75) is 52.5 Å². The number of unbranched alkanes of at least 4 members (excludes halogenated alkanes) is 2. The van der Waals surface area contributed by atoms with Gasteiger partial charge in [-0.25, -0.2) is 4.79 Å². The van der Waals surface area contributed by atoms with Gasteiger partial charge in [0.2, 0.25) is 0 Å². The summed E-state index contributed by atoms with van der Waals surface area (Å²) in [6, 6.07) is 9.37. The fraction of sp³-hybridized carbons (Fsp3) is 0.588. The van der Waals surface area contributed by atoms with Gasteiger partial charge in [0.25, 0.3) is 0 Å². The Bertz CT molecular complexity index is 420. The van der Waals surface area contributed by atoms with Crippen molar-refractivity contribution in [3.63, 3.8) is 0 Å². The quantitative estimate of drug-likeness (QED) is 0.640. The molecule has 1 unspecified atom stereocenters. The Morgan fingerprint density at radius 2 is 1.85 bits per heavy atom. The summed E-state index contributed by atoms with van der Waals surface area (Å²) < 4.78 is 14.2. The van der Waals surface area contributed by atoms with Crippen molar-refractivity contribution < 1.29 is 10.9 Å². The van der Waals surface area contributed by atoms with E-state index in [-0.39, 0.29) is 0 Å². The summed E-state index contributed by atoms with van der Waals surface area (Å²) in [4.78, 5) is 13.8. The molecule has 0 aliphatic heterocycles. The normalized spacial score (nSPS) is 14.2. The number of hydrogen-bond donors (Lipinski definition) is 0. The molecule has 112 valence electrons. The molecule has 0 saturated carbocycles. The van der Waals surface area contributed by atoms with Gasteiger partial charge in [-0.15, -0.1) is 0 Å². The molecule has 0 radical (unpaired) electrons. The number of amides is 1. The number of nitrogens with zero attached hydrogens (tertiary/aromatic N) is 1. The zero-order chi connectivity index (χ0) is 15.7. The van der Waals surface area contributed by atoms with E-state index >= 15 is 0 Å². The Kier molecular flexibility index (Phi) is 7.00. The van der Waals surface area contributed by atoms with E-state index in [1.54, 1.807) is 4.90 Å². The van der Waals surface area contributed by atoms with E-state index in [4.69, 9.17) is 6.11 Å². The van der Waals surface area contributed by atoms with Gasteiger partial charge in [0.15, 0.2) is 0 Å². The summed E-state index contributed by atoms with van der Waals surface area (Å²) in [6.45, 7) is 7.13. The Morgan fingerprint density at radius 3 is 2.40 bits per heavy atom. The lowest BCUT2D eigenvalue weighted by Crippen LogP contribution is -2.32. The summed E-state index contributed by atoms with van der Waals surface area (Å²) in [5.41, 5.74) is 0.738. The Labute approximate surface area is 124 Å². The molecule has 1 amide bonds. The highest BCUT2D eigenvalue weighted by Gasteiger charge is 2.19. The molecule has 0 aliphatic carbocycles. The molecule has 0 N–H and O–H groups in total. The van der Waals surface area contributed by atoms with Crippen LogP contribution >= 0.6 is 0 Å². The van der Waals surface area contributed by atoms with E-state index in [2.05, 4.69) is 6.92 Å². The first-order chi connectivity index (χ1) is 10.1. The second-order valence-electron chi connectivity index (χ2n) is 4.79. The van der Waals surface area contributed by atoms with E-state index in [0.717, 1.165) is 24.8 Å². The minimum atomic E-state index is -1.30. The maximum Gasteiger partial charge on any atom is 0.410 e. The molecule has 0 spiro atoms. The molecule has 1 aromatic carbocycles. The van der Waals surface area contributed by atoms with Crippen molar-refractivity contribution in [3.8, 4) is 0 Å². The van der Waals surface area contributed by atoms with Crippen LogP contribution in [0, 0.1) is 0 Å². The van der Waals surface area contributed by atoms with Crippen molar-refractivity contribution >= 4 is 6.09 Å². The van der Waals surface area contributed by atoms with Gasteiger partial charge in [-0.2, -0.15) is 0 Å². The standard InChI is InChI=1S/C17H27NO2/c1-4-7-9-14-16(15-12-10-8-11-13-15)20-17(19)18(5-2)6-3/h8,10-13,16H,4-7,9,14H2,1-3H3/i16D. The van der Waals surface area contributed by atoms with Crippen LogP contribution in [-0.2, 0) is 4.74 Å². The topological polar surface area (TPSA) is 29.5 Å². The van der Waals surface area contributed by atoms with Gasteiger partial charge in [-0.05, 0) is 32.3 Å². The molecule has 0 heterocycles. The van der Waals surface area contributed by atoms with E-state index in [0.29, 0.717) is 19.5 Å². The maximum absolute atomic E-state index is 12.2. The lowest BCUT2D eigenvalue weighted by Gasteiger charge is -2.24. The molecule has 0 aromatic heterocycles. The second-order valence-corrected chi connectivity index (χ2v) is 4.79. The second kappa shape index (κ2) is 9.40. The number of carbonyl (C=O) groups is 1. The van der Waals surface area contributed by atoms with Crippen LogP contribution in [0.1, 0.15) is 59.5 Å². The zero-order valence-corrected chi connectivity index (χ0v) is 12.9. The Morgan fingerprint density at radius 1 is 1.20 bits per heavy atom. The molecule has 3 nitrogen and oxygen atoms in total. The summed E-state index contributed by atoms with van der Waals surface area (Å²) in [5, 5.41) is 0. The molecular weight excluding hydrogens is 250 g/mol. The lowest BCUT2D eigenvalue weighted by atomic mass is 10.0. The van der Waals surface area contributed by atoms with Crippen LogP contribution in [0.15, 0.2) is 30.3 Å². The molecular formula is C17H27NO2. The van der Waals surface area contributed by atoms with Crippen LogP contribution in [0.4, 0.5) is 4.79 Å². The monoisotopic (exact) mass is 278 g/mol. The SMILES string of the molecule is [2H]C(CCCCC)(OC(=O)N(CC)CC)c1ccccc1. The third-order valence-corrected chi connectivity index (χ3v) is 3.34. The molecule has 20 heavy (non-hydrogen) atoms. The largest absolute Gasteiger partial charge is 0.441 e. The lowest BCUT2D eigenvalue weighted by molar-refractivity contribution is 0.0597. The van der Waals surface area contributed by atoms with Gasteiger partial charge in [-0.1, -0.05) is 50.1 Å². The number of benzene rings is 1. The predicted octanol–water partition coefficient (Wildman–Crippen LogP) is 4.79. The van der Waals surface area contributed by atoms with Crippen LogP contribution in [0.25, 0.3) is 0 Å². The van der Waals surface area contributed by atoms with Crippen LogP contribution in [0.3, 0.4) is 0 Å². The van der Waals surface area contributed by atoms with Gasteiger partial charge in [-0.3, -0.25) is 0 Å². The zero-order valence-electron chi connectivity index (χ0n) is 13.9. The van der Waals surface area contributed by atoms with Crippen molar-refractivity contribution in [3.05, 3.63) is 35.9 Å². The Balaban J connectivity index is 2.89. The van der Waals surface area contributed by atoms with E-state index in [9.17, 15) is 4.79 Å². The first kappa shape index (κ1) is 14.9. The summed E-state index contributed by atoms with van der Waals surface area (Å²) in [5.74, 6) is 0. The molecule has 1 atom stereocenters. The van der Waals surface area contributed by atoms with Gasteiger partial charge >= 0.3 is 6.09 Å². The molecule has 1 rings (SSSR count). The fourth-order valence-corrected chi connectivity index (χ4v) is 2.07. The third-order valence-electron chi connectivity index (χ3n) is 3.34. The van der Waals surface area contributed by atoms with Gasteiger partial charge in [0, 0.05) is 13.1 Å². The van der Waals surface area contributed by atoms with Crippen LogP contribution < -0.4 is 0 Å². The van der Waals surface area contributed by atoms with E-state index < -0.39 is 12.2 Å². The van der Waals surface area contributed by atoms with Crippen molar-refractivity contribution in [1.82, 2.24) is 4.90 Å². The van der Waals surface area contributed by atoms with Gasteiger partial charge in [0.1, 0.15) is 6.08 Å². The number of rotatable bonds is 8. The molecule has 0 fully saturated rings. The highest BCUT2D eigenvalue weighted by Crippen LogP contribution is 2.24. The minimum absolute atomic E-state index is 0.407. The first-order valence-electron chi connectivity index (χ1n) is 8.10. The van der Waals surface area contributed by atoms with E-state index in [1.165, 1.54) is 0 Å². The molecule has 3 heteroatoms. The highest BCUT2D eigenvalue weighted by molar-refractivity contribution is 5.67. The molecule has 1 aromatic rings. The maximum atomic E-state index is 12.2. The number of hydrogen-bond acceptors (Lipinski definition) is 2. The molecule has 0 aliphatic rings. The van der Waals surface area contributed by atoms with Gasteiger partial charge in [0.05, 0.1) is 1.37 Å². The smallest absolute Gasteiger partial charge is 0.410 e. The highest BCUT2D eigenvalue weighted by atomic mass is 16.6. The fourth-order valence-electron chi connectivity index (χ4n) is 2.07. The third kappa shape index (κ3) is 5.24. The van der Waals surface area contributed by atoms with Crippen LogP contribution in [0.2, 0.25) is 0 Å².